The number of nitrogens with zero attached hydrogens (tertiary/aromatic N) is 2. The van der Waals surface area contributed by atoms with Crippen molar-refractivity contribution in [3.63, 3.8) is 0 Å². The quantitative estimate of drug-likeness (QED) is 0.561. The van der Waals surface area contributed by atoms with Gasteiger partial charge in [0.15, 0.2) is 5.65 Å². The van der Waals surface area contributed by atoms with Gasteiger partial charge in [0.2, 0.25) is 0 Å². The van der Waals surface area contributed by atoms with Gasteiger partial charge >= 0.3 is 0 Å². The number of nitrogens with one attached hydrogen (secondary N) is 1. The van der Waals surface area contributed by atoms with Gasteiger partial charge in [-0.2, -0.15) is 0 Å². The lowest BCUT2D eigenvalue weighted by Gasteiger charge is -2.21. The molecule has 0 aromatic carbocycles. The van der Waals surface area contributed by atoms with Gasteiger partial charge in [0.1, 0.15) is 0 Å². The minimum absolute atomic E-state index is 0.714. The zero-order chi connectivity index (χ0) is 19.7. The molecule has 3 heteroatoms. The summed E-state index contributed by atoms with van der Waals surface area (Å²) in [6.07, 6.45) is 29.0. The Morgan fingerprint density at radius 1 is 0.828 bits per heavy atom. The fourth-order valence-electron chi connectivity index (χ4n) is 5.61. The number of pyridine rings is 1. The van der Waals surface area contributed by atoms with Crippen LogP contribution in [0.25, 0.3) is 5.65 Å². The number of rotatable bonds is 5. The monoisotopic (exact) mass is 395 g/mol. The lowest BCUT2D eigenvalue weighted by Crippen LogP contribution is -2.12. The van der Waals surface area contributed by atoms with Crippen LogP contribution in [0, 0.1) is 5.92 Å². The molecule has 2 heterocycles. The van der Waals surface area contributed by atoms with Crippen LogP contribution in [-0.4, -0.2) is 15.9 Å². The maximum atomic E-state index is 4.65. The summed E-state index contributed by atoms with van der Waals surface area (Å²) in [5, 5.41) is 3.79. The lowest BCUT2D eigenvalue weighted by atomic mass is 9.89. The van der Waals surface area contributed by atoms with Gasteiger partial charge in [0.05, 0.1) is 5.69 Å². The minimum Gasteiger partial charge on any atom is -0.382 e. The van der Waals surface area contributed by atoms with Crippen molar-refractivity contribution in [1.29, 1.82) is 0 Å². The number of anilines is 1. The first-order valence-electron chi connectivity index (χ1n) is 12.6. The second-order valence-electron chi connectivity index (χ2n) is 9.67. The van der Waals surface area contributed by atoms with Gasteiger partial charge in [-0.05, 0) is 42.7 Å². The molecule has 2 aromatic rings. The van der Waals surface area contributed by atoms with Crippen LogP contribution in [0.3, 0.4) is 0 Å². The fraction of sp³-hybridized carbons (Fsp3) is 0.731. The molecule has 0 radical (unpaired) electrons. The molecule has 1 N–H and O–H groups in total. The Labute approximate surface area is 177 Å². The molecule has 2 aromatic heterocycles. The van der Waals surface area contributed by atoms with Crippen molar-refractivity contribution in [2.24, 2.45) is 5.92 Å². The third-order valence-corrected chi connectivity index (χ3v) is 7.43. The highest BCUT2D eigenvalue weighted by Crippen LogP contribution is 2.33. The van der Waals surface area contributed by atoms with Crippen LogP contribution in [-0.2, 0) is 0 Å². The Balaban J connectivity index is 1.43. The molecule has 0 bridgehead atoms. The lowest BCUT2D eigenvalue weighted by molar-refractivity contribution is 0.365. The average Bonchev–Trinajstić information content (AvgIpc) is 3.22. The van der Waals surface area contributed by atoms with Gasteiger partial charge in [-0.15, -0.1) is 0 Å². The van der Waals surface area contributed by atoms with Crippen molar-refractivity contribution in [3.05, 3.63) is 30.2 Å². The molecule has 2 aliphatic rings. The molecule has 0 saturated heterocycles. The summed E-state index contributed by atoms with van der Waals surface area (Å²) in [5.74, 6) is 1.63. The first-order valence-corrected chi connectivity index (χ1v) is 12.6. The molecule has 0 unspecified atom stereocenters. The molecule has 0 atom stereocenters. The molecule has 0 spiro atoms. The zero-order valence-corrected chi connectivity index (χ0v) is 18.4. The predicted molar refractivity (Wildman–Crippen MR) is 124 cm³/mol. The average molecular weight is 396 g/mol. The summed E-state index contributed by atoms with van der Waals surface area (Å²) in [4.78, 5) is 4.65. The van der Waals surface area contributed by atoms with Crippen LogP contribution < -0.4 is 5.32 Å². The third-order valence-electron chi connectivity index (χ3n) is 7.43. The van der Waals surface area contributed by atoms with Crippen molar-refractivity contribution in [2.75, 3.05) is 11.9 Å². The smallest absolute Gasteiger partial charge is 0.160 e. The number of aromatic nitrogens is 2. The third kappa shape index (κ3) is 5.99. The van der Waals surface area contributed by atoms with Crippen molar-refractivity contribution < 1.29 is 0 Å². The molecule has 29 heavy (non-hydrogen) atoms. The molecule has 4 rings (SSSR count). The van der Waals surface area contributed by atoms with E-state index in [1.807, 2.05) is 6.20 Å². The van der Waals surface area contributed by atoms with Gasteiger partial charge in [0, 0.05) is 25.1 Å². The standard InChI is InChI=1S/C26H41N3/c1-2-7-11-15-23(14-10-6-1)24-20-25(26-28-18-19-29(26)21-24)27-17-16-22-12-8-4-3-5-9-13-22/h18-23,27H,1-17H2. The van der Waals surface area contributed by atoms with Crippen molar-refractivity contribution >= 4 is 11.3 Å². The number of fused-ring (bicyclic) bond motifs is 1. The van der Waals surface area contributed by atoms with E-state index in [4.69, 9.17) is 0 Å². The second-order valence-corrected chi connectivity index (χ2v) is 9.67. The normalized spacial score (nSPS) is 21.1. The van der Waals surface area contributed by atoms with Crippen LogP contribution in [0.4, 0.5) is 5.69 Å². The van der Waals surface area contributed by atoms with E-state index in [1.165, 1.54) is 114 Å². The van der Waals surface area contributed by atoms with Crippen LogP contribution in [0.15, 0.2) is 24.7 Å². The molecular weight excluding hydrogens is 354 g/mol. The highest BCUT2D eigenvalue weighted by molar-refractivity contribution is 5.68. The zero-order valence-electron chi connectivity index (χ0n) is 18.4. The summed E-state index contributed by atoms with van der Waals surface area (Å²) in [6.45, 7) is 1.08. The Morgan fingerprint density at radius 2 is 1.45 bits per heavy atom. The highest BCUT2D eigenvalue weighted by Gasteiger charge is 2.17. The number of hydrogen-bond donors (Lipinski definition) is 1. The molecule has 0 aliphatic heterocycles. The van der Waals surface area contributed by atoms with Gasteiger partial charge in [-0.25, -0.2) is 4.98 Å². The summed E-state index contributed by atoms with van der Waals surface area (Å²) in [6, 6.07) is 2.43. The predicted octanol–water partition coefficient (Wildman–Crippen LogP) is 7.71. The van der Waals surface area contributed by atoms with E-state index in [0.29, 0.717) is 5.92 Å². The van der Waals surface area contributed by atoms with E-state index in [2.05, 4.69) is 33.2 Å². The maximum Gasteiger partial charge on any atom is 0.160 e. The van der Waals surface area contributed by atoms with E-state index >= 15 is 0 Å². The van der Waals surface area contributed by atoms with Crippen molar-refractivity contribution in [3.8, 4) is 0 Å². The summed E-state index contributed by atoms with van der Waals surface area (Å²) in [5.41, 5.74) is 3.86. The first-order chi connectivity index (χ1) is 14.4. The van der Waals surface area contributed by atoms with Gasteiger partial charge in [0.25, 0.3) is 0 Å². The summed E-state index contributed by atoms with van der Waals surface area (Å²) in [7, 11) is 0. The van der Waals surface area contributed by atoms with Crippen LogP contribution in [0.5, 0.6) is 0 Å². The van der Waals surface area contributed by atoms with E-state index in [9.17, 15) is 0 Å². The summed E-state index contributed by atoms with van der Waals surface area (Å²) < 4.78 is 2.25. The molecule has 160 valence electrons. The Kier molecular flexibility index (Phi) is 7.90. The van der Waals surface area contributed by atoms with Crippen molar-refractivity contribution in [2.45, 2.75) is 109 Å². The largest absolute Gasteiger partial charge is 0.382 e. The molecule has 0 amide bonds. The second kappa shape index (κ2) is 11.0. The molecule has 2 aliphatic carbocycles. The fourth-order valence-corrected chi connectivity index (χ4v) is 5.61. The molecule has 3 nitrogen and oxygen atoms in total. The molecule has 2 saturated carbocycles. The van der Waals surface area contributed by atoms with E-state index in [-0.39, 0.29) is 0 Å². The van der Waals surface area contributed by atoms with E-state index < -0.39 is 0 Å². The number of imidazole rings is 1. The minimum atomic E-state index is 0.714. The highest BCUT2D eigenvalue weighted by atomic mass is 15.0. The van der Waals surface area contributed by atoms with Gasteiger partial charge in [-0.1, -0.05) is 83.5 Å². The Hall–Kier alpha value is -1.51. The van der Waals surface area contributed by atoms with Crippen molar-refractivity contribution in [1.82, 2.24) is 9.38 Å². The SMILES string of the molecule is c1cn2cc(C3CCCCCCCC3)cc(NCCC3CCCCCCC3)c2n1. The Bertz CT molecular complexity index is 717. The van der Waals surface area contributed by atoms with E-state index in [0.717, 1.165) is 18.1 Å². The van der Waals surface area contributed by atoms with E-state index in [1.54, 1.807) is 0 Å². The van der Waals surface area contributed by atoms with Gasteiger partial charge < -0.3 is 9.72 Å². The molecular formula is C26H41N3. The van der Waals surface area contributed by atoms with Crippen LogP contribution >= 0.6 is 0 Å². The maximum absolute atomic E-state index is 4.65. The first kappa shape index (κ1) is 20.8. The van der Waals surface area contributed by atoms with Crippen LogP contribution in [0.1, 0.15) is 114 Å². The summed E-state index contributed by atoms with van der Waals surface area (Å²) >= 11 is 0. The molecule has 2 fully saturated rings. The topological polar surface area (TPSA) is 29.3 Å². The Morgan fingerprint density at radius 3 is 2.14 bits per heavy atom. The van der Waals surface area contributed by atoms with Gasteiger partial charge in [-0.3, -0.25) is 0 Å². The van der Waals surface area contributed by atoms with Crippen LogP contribution in [0.2, 0.25) is 0 Å². The number of hydrogen-bond acceptors (Lipinski definition) is 2.